The minimum atomic E-state index is 0.638. The van der Waals surface area contributed by atoms with Crippen LogP contribution in [0.15, 0.2) is 36.4 Å². The highest BCUT2D eigenvalue weighted by atomic mass is 35.5. The molecule has 0 heterocycles. The number of hydrogen-bond acceptors (Lipinski definition) is 0. The summed E-state index contributed by atoms with van der Waals surface area (Å²) in [5.74, 6) is 0.638. The van der Waals surface area contributed by atoms with Gasteiger partial charge in [0.1, 0.15) is 0 Å². The van der Waals surface area contributed by atoms with Gasteiger partial charge in [0.05, 0.1) is 0 Å². The van der Waals surface area contributed by atoms with Crippen LogP contribution in [0.1, 0.15) is 30.7 Å². The van der Waals surface area contributed by atoms with Crippen molar-refractivity contribution >= 4 is 11.6 Å². The lowest BCUT2D eigenvalue weighted by Gasteiger charge is -2.18. The highest BCUT2D eigenvalue weighted by Gasteiger charge is 2.14. The lowest BCUT2D eigenvalue weighted by atomic mass is 9.88. The van der Waals surface area contributed by atoms with Gasteiger partial charge in [0.2, 0.25) is 0 Å². The monoisotopic (exact) mass is 192 g/mol. The van der Waals surface area contributed by atoms with Crippen LogP contribution in [0.25, 0.3) is 0 Å². The Bertz CT molecular complexity index is 315. The Hall–Kier alpha value is -0.750. The third kappa shape index (κ3) is 1.94. The maximum absolute atomic E-state index is 6.13. The first-order valence-corrected chi connectivity index (χ1v) is 5.15. The Morgan fingerprint density at radius 2 is 2.00 bits per heavy atom. The van der Waals surface area contributed by atoms with Gasteiger partial charge in [-0.2, -0.15) is 0 Å². The summed E-state index contributed by atoms with van der Waals surface area (Å²) in [7, 11) is 0. The van der Waals surface area contributed by atoms with E-state index >= 15 is 0 Å². The van der Waals surface area contributed by atoms with E-state index in [-0.39, 0.29) is 0 Å². The van der Waals surface area contributed by atoms with Crippen LogP contribution in [0, 0.1) is 0 Å². The predicted octanol–water partition coefficient (Wildman–Crippen LogP) is 4.16. The van der Waals surface area contributed by atoms with Crippen molar-refractivity contribution in [1.82, 2.24) is 0 Å². The van der Waals surface area contributed by atoms with E-state index in [1.165, 1.54) is 18.4 Å². The first kappa shape index (κ1) is 8.83. The molecule has 13 heavy (non-hydrogen) atoms. The molecule has 0 fully saturated rings. The number of hydrogen-bond donors (Lipinski definition) is 0. The van der Waals surface area contributed by atoms with Gasteiger partial charge in [-0.05, 0) is 36.8 Å². The molecule has 0 N–H and O–H groups in total. The average Bonchev–Trinajstić information content (AvgIpc) is 2.20. The summed E-state index contributed by atoms with van der Waals surface area (Å²) in [6, 6.07) is 8.19. The maximum atomic E-state index is 6.13. The minimum Gasteiger partial charge on any atom is -0.0885 e. The topological polar surface area (TPSA) is 0 Å². The van der Waals surface area contributed by atoms with Crippen molar-refractivity contribution in [3.63, 3.8) is 0 Å². The second kappa shape index (κ2) is 3.97. The molecule has 0 bridgehead atoms. The van der Waals surface area contributed by atoms with E-state index in [2.05, 4.69) is 24.3 Å². The van der Waals surface area contributed by atoms with Crippen LogP contribution >= 0.6 is 11.6 Å². The van der Waals surface area contributed by atoms with E-state index in [9.17, 15) is 0 Å². The summed E-state index contributed by atoms with van der Waals surface area (Å²) in [4.78, 5) is 0. The summed E-state index contributed by atoms with van der Waals surface area (Å²) < 4.78 is 0. The molecule has 0 amide bonds. The van der Waals surface area contributed by atoms with Gasteiger partial charge in [-0.1, -0.05) is 42.0 Å². The van der Waals surface area contributed by atoms with Gasteiger partial charge in [-0.25, -0.2) is 0 Å². The Kier molecular flexibility index (Phi) is 2.70. The second-order valence-electron chi connectivity index (χ2n) is 3.50. The smallest absolute Gasteiger partial charge is 0.0440 e. The molecule has 0 nitrogen and oxygen atoms in total. The molecule has 1 heteroatoms. The largest absolute Gasteiger partial charge is 0.0885 e. The SMILES string of the molecule is Clc1ccccc1C1CC=CCC1. The van der Waals surface area contributed by atoms with Crippen molar-refractivity contribution in [3.8, 4) is 0 Å². The molecule has 2 rings (SSSR count). The second-order valence-corrected chi connectivity index (χ2v) is 3.91. The Balaban J connectivity index is 2.24. The van der Waals surface area contributed by atoms with Crippen LogP contribution in [-0.2, 0) is 0 Å². The van der Waals surface area contributed by atoms with Gasteiger partial charge in [-0.15, -0.1) is 0 Å². The molecule has 0 saturated carbocycles. The third-order valence-corrected chi connectivity index (χ3v) is 2.96. The first-order valence-electron chi connectivity index (χ1n) is 4.77. The van der Waals surface area contributed by atoms with Crippen LogP contribution in [0.4, 0.5) is 0 Å². The number of rotatable bonds is 1. The molecule has 0 aromatic heterocycles. The lowest BCUT2D eigenvalue weighted by Crippen LogP contribution is -2.01. The number of halogens is 1. The van der Waals surface area contributed by atoms with Crippen LogP contribution in [-0.4, -0.2) is 0 Å². The Morgan fingerprint density at radius 3 is 2.69 bits per heavy atom. The van der Waals surface area contributed by atoms with Crippen LogP contribution < -0.4 is 0 Å². The van der Waals surface area contributed by atoms with E-state index in [1.54, 1.807) is 0 Å². The van der Waals surface area contributed by atoms with E-state index in [4.69, 9.17) is 11.6 Å². The van der Waals surface area contributed by atoms with E-state index in [1.807, 2.05) is 12.1 Å². The third-order valence-electron chi connectivity index (χ3n) is 2.61. The normalized spacial score (nSPS) is 21.8. The first-order chi connectivity index (χ1) is 6.38. The van der Waals surface area contributed by atoms with Crippen molar-refractivity contribution in [2.24, 2.45) is 0 Å². The molecule has 1 aromatic carbocycles. The molecule has 0 aliphatic heterocycles. The molecule has 0 spiro atoms. The molecular formula is C12H13Cl. The molecule has 1 atom stereocenters. The summed E-state index contributed by atoms with van der Waals surface area (Å²) in [5, 5.41) is 0.919. The summed E-state index contributed by atoms with van der Waals surface area (Å²) in [6.45, 7) is 0. The van der Waals surface area contributed by atoms with Crippen LogP contribution in [0.5, 0.6) is 0 Å². The van der Waals surface area contributed by atoms with E-state index in [0.29, 0.717) is 5.92 Å². The highest BCUT2D eigenvalue weighted by Crippen LogP contribution is 2.33. The molecule has 0 radical (unpaired) electrons. The Labute approximate surface area is 84.2 Å². The van der Waals surface area contributed by atoms with Gasteiger partial charge in [0, 0.05) is 5.02 Å². The highest BCUT2D eigenvalue weighted by molar-refractivity contribution is 6.31. The fourth-order valence-corrected chi connectivity index (χ4v) is 2.17. The number of benzene rings is 1. The minimum absolute atomic E-state index is 0.638. The molecule has 1 aliphatic rings. The van der Waals surface area contributed by atoms with Gasteiger partial charge < -0.3 is 0 Å². The zero-order valence-corrected chi connectivity index (χ0v) is 8.30. The van der Waals surface area contributed by atoms with E-state index < -0.39 is 0 Å². The molecule has 1 unspecified atom stereocenters. The quantitative estimate of drug-likeness (QED) is 0.586. The van der Waals surface area contributed by atoms with E-state index in [0.717, 1.165) is 11.4 Å². The molecule has 1 aromatic rings. The van der Waals surface area contributed by atoms with Crippen molar-refractivity contribution < 1.29 is 0 Å². The fraction of sp³-hybridized carbons (Fsp3) is 0.333. The van der Waals surface area contributed by atoms with Crippen LogP contribution in [0.3, 0.4) is 0 Å². The van der Waals surface area contributed by atoms with Crippen molar-refractivity contribution in [2.75, 3.05) is 0 Å². The average molecular weight is 193 g/mol. The van der Waals surface area contributed by atoms with Crippen LogP contribution in [0.2, 0.25) is 5.02 Å². The van der Waals surface area contributed by atoms with Crippen molar-refractivity contribution in [3.05, 3.63) is 47.0 Å². The standard InChI is InChI=1S/C12H13Cl/c13-12-9-5-4-8-11(12)10-6-2-1-3-7-10/h1-2,4-5,8-10H,3,6-7H2. The zero-order chi connectivity index (χ0) is 9.10. The fourth-order valence-electron chi connectivity index (χ4n) is 1.88. The zero-order valence-electron chi connectivity index (χ0n) is 7.54. The maximum Gasteiger partial charge on any atom is 0.0440 e. The van der Waals surface area contributed by atoms with Gasteiger partial charge in [-0.3, -0.25) is 0 Å². The van der Waals surface area contributed by atoms with Crippen molar-refractivity contribution in [1.29, 1.82) is 0 Å². The van der Waals surface area contributed by atoms with Gasteiger partial charge in [0.25, 0.3) is 0 Å². The molecule has 0 saturated heterocycles. The Morgan fingerprint density at radius 1 is 1.15 bits per heavy atom. The lowest BCUT2D eigenvalue weighted by molar-refractivity contribution is 0.617. The predicted molar refractivity (Wildman–Crippen MR) is 57.2 cm³/mol. The van der Waals surface area contributed by atoms with Gasteiger partial charge in [0.15, 0.2) is 0 Å². The molecule has 68 valence electrons. The summed E-state index contributed by atoms with van der Waals surface area (Å²) in [5.41, 5.74) is 1.31. The summed E-state index contributed by atoms with van der Waals surface area (Å²) in [6.07, 6.45) is 8.09. The molecular weight excluding hydrogens is 180 g/mol. The van der Waals surface area contributed by atoms with Crippen molar-refractivity contribution in [2.45, 2.75) is 25.2 Å². The number of allylic oxidation sites excluding steroid dienone is 2. The summed E-state index contributed by atoms with van der Waals surface area (Å²) >= 11 is 6.13. The molecule has 1 aliphatic carbocycles. The van der Waals surface area contributed by atoms with Gasteiger partial charge >= 0.3 is 0 Å².